The van der Waals surface area contributed by atoms with Gasteiger partial charge in [0, 0.05) is 12.0 Å². The van der Waals surface area contributed by atoms with Crippen molar-refractivity contribution in [1.29, 1.82) is 0 Å². The van der Waals surface area contributed by atoms with Crippen LogP contribution in [0.1, 0.15) is 37.8 Å². The maximum atomic E-state index is 10.5. The van der Waals surface area contributed by atoms with E-state index < -0.39 is 0 Å². The van der Waals surface area contributed by atoms with Crippen LogP contribution in [0.5, 0.6) is 5.75 Å². The second-order valence-corrected chi connectivity index (χ2v) is 5.27. The molecule has 1 aromatic carbocycles. The van der Waals surface area contributed by atoms with E-state index >= 15 is 0 Å². The molecule has 18 heavy (non-hydrogen) atoms. The van der Waals surface area contributed by atoms with Gasteiger partial charge >= 0.3 is 0 Å². The van der Waals surface area contributed by atoms with Gasteiger partial charge in [0.2, 0.25) is 0 Å². The molecule has 0 saturated carbocycles. The van der Waals surface area contributed by atoms with Crippen LogP contribution in [0, 0.1) is 12.3 Å². The molecule has 2 nitrogen and oxygen atoms in total. The number of rotatable bonds is 6. The number of carbonyl (C=O) groups excluding carboxylic acids is 1. The third-order valence-corrected chi connectivity index (χ3v) is 3.38. The molecule has 0 saturated heterocycles. The second-order valence-electron chi connectivity index (χ2n) is 5.27. The van der Waals surface area contributed by atoms with Crippen LogP contribution >= 0.6 is 0 Å². The number of aryl methyl sites for hydroxylation is 1. The Kier molecular flexibility index (Phi) is 4.71. The van der Waals surface area contributed by atoms with E-state index in [1.807, 2.05) is 12.1 Å². The van der Waals surface area contributed by atoms with Gasteiger partial charge < -0.3 is 9.53 Å². The van der Waals surface area contributed by atoms with E-state index in [0.29, 0.717) is 6.42 Å². The molecule has 0 spiro atoms. The first-order chi connectivity index (χ1) is 8.42. The summed E-state index contributed by atoms with van der Waals surface area (Å²) in [7, 11) is 1.67. The summed E-state index contributed by atoms with van der Waals surface area (Å²) in [4.78, 5) is 10.5. The van der Waals surface area contributed by atoms with Gasteiger partial charge in [0.05, 0.1) is 7.11 Å². The Labute approximate surface area is 110 Å². The average molecular weight is 246 g/mol. The molecule has 98 valence electrons. The van der Waals surface area contributed by atoms with Crippen molar-refractivity contribution in [2.75, 3.05) is 7.11 Å². The van der Waals surface area contributed by atoms with Crippen LogP contribution in [0.3, 0.4) is 0 Å². The Bertz CT molecular complexity index is 444. The minimum atomic E-state index is -0.109. The van der Waals surface area contributed by atoms with Crippen molar-refractivity contribution in [1.82, 2.24) is 0 Å². The van der Waals surface area contributed by atoms with Crippen LogP contribution in [0.25, 0.3) is 5.57 Å². The van der Waals surface area contributed by atoms with Gasteiger partial charge in [-0.05, 0) is 36.5 Å². The number of hydrogen-bond acceptors (Lipinski definition) is 2. The minimum Gasteiger partial charge on any atom is -0.496 e. The molecule has 0 N–H and O–H groups in total. The molecule has 0 fully saturated rings. The Hall–Kier alpha value is -1.57. The van der Waals surface area contributed by atoms with Crippen LogP contribution in [0.15, 0.2) is 24.8 Å². The zero-order chi connectivity index (χ0) is 13.8. The molecule has 2 heteroatoms. The molecule has 1 rings (SSSR count). The molecule has 0 aliphatic heterocycles. The van der Waals surface area contributed by atoms with E-state index in [4.69, 9.17) is 4.74 Å². The summed E-state index contributed by atoms with van der Waals surface area (Å²) in [6.45, 7) is 10.5. The monoisotopic (exact) mass is 246 g/mol. The molecule has 0 aromatic heterocycles. The lowest BCUT2D eigenvalue weighted by Gasteiger charge is -2.28. The summed E-state index contributed by atoms with van der Waals surface area (Å²) >= 11 is 0. The zero-order valence-electron chi connectivity index (χ0n) is 11.7. The lowest BCUT2D eigenvalue weighted by atomic mass is 9.77. The Morgan fingerprint density at radius 3 is 2.67 bits per heavy atom. The number of allylic oxidation sites excluding steroid dienone is 1. The standard InChI is InChI=1S/C16H22O2/c1-12-7-8-15(18-5)14(11-12)13(2)16(3,4)9-6-10-17/h7-8,10-11H,2,6,9H2,1,3-5H3. The normalized spacial score (nSPS) is 11.1. The zero-order valence-corrected chi connectivity index (χ0v) is 11.7. The highest BCUT2D eigenvalue weighted by Crippen LogP contribution is 2.40. The Morgan fingerprint density at radius 2 is 2.11 bits per heavy atom. The lowest BCUT2D eigenvalue weighted by molar-refractivity contribution is -0.108. The summed E-state index contributed by atoms with van der Waals surface area (Å²) in [5, 5.41) is 0. The van der Waals surface area contributed by atoms with Gasteiger partial charge in [0.25, 0.3) is 0 Å². The van der Waals surface area contributed by atoms with E-state index in [-0.39, 0.29) is 5.41 Å². The summed E-state index contributed by atoms with van der Waals surface area (Å²) < 4.78 is 5.39. The number of ether oxygens (including phenoxy) is 1. The fourth-order valence-corrected chi connectivity index (χ4v) is 1.99. The third kappa shape index (κ3) is 3.22. The van der Waals surface area contributed by atoms with Gasteiger partial charge in [0.15, 0.2) is 0 Å². The van der Waals surface area contributed by atoms with Gasteiger partial charge in [-0.3, -0.25) is 0 Å². The molecule has 0 aliphatic rings. The molecular weight excluding hydrogens is 224 g/mol. The van der Waals surface area contributed by atoms with Gasteiger partial charge in [-0.15, -0.1) is 0 Å². The molecule has 0 aliphatic carbocycles. The molecule has 1 aromatic rings. The van der Waals surface area contributed by atoms with E-state index in [1.54, 1.807) is 7.11 Å². The van der Waals surface area contributed by atoms with Crippen LogP contribution in [-0.4, -0.2) is 13.4 Å². The maximum Gasteiger partial charge on any atom is 0.126 e. The lowest BCUT2D eigenvalue weighted by Crippen LogP contribution is -2.14. The highest BCUT2D eigenvalue weighted by atomic mass is 16.5. The van der Waals surface area contributed by atoms with Gasteiger partial charge in [0.1, 0.15) is 12.0 Å². The number of benzene rings is 1. The third-order valence-electron chi connectivity index (χ3n) is 3.38. The molecule has 0 atom stereocenters. The van der Waals surface area contributed by atoms with E-state index in [1.165, 1.54) is 5.56 Å². The first-order valence-electron chi connectivity index (χ1n) is 6.20. The van der Waals surface area contributed by atoms with E-state index in [9.17, 15) is 4.79 Å². The largest absolute Gasteiger partial charge is 0.496 e. The average Bonchev–Trinajstić information content (AvgIpc) is 2.35. The summed E-state index contributed by atoms with van der Waals surface area (Å²) in [6.07, 6.45) is 2.31. The van der Waals surface area contributed by atoms with Crippen LogP contribution in [0.2, 0.25) is 0 Å². The molecule has 0 bridgehead atoms. The predicted molar refractivity (Wildman–Crippen MR) is 75.8 cm³/mol. The van der Waals surface area contributed by atoms with Crippen molar-refractivity contribution in [2.24, 2.45) is 5.41 Å². The summed E-state index contributed by atoms with van der Waals surface area (Å²) in [5.41, 5.74) is 3.12. The van der Waals surface area contributed by atoms with Crippen molar-refractivity contribution in [3.8, 4) is 5.75 Å². The summed E-state index contributed by atoms with van der Waals surface area (Å²) in [6, 6.07) is 6.07. The number of hydrogen-bond donors (Lipinski definition) is 0. The van der Waals surface area contributed by atoms with Gasteiger partial charge in [-0.25, -0.2) is 0 Å². The smallest absolute Gasteiger partial charge is 0.126 e. The van der Waals surface area contributed by atoms with Gasteiger partial charge in [-0.1, -0.05) is 32.1 Å². The van der Waals surface area contributed by atoms with E-state index in [2.05, 4.69) is 33.4 Å². The highest BCUT2D eigenvalue weighted by Gasteiger charge is 2.24. The van der Waals surface area contributed by atoms with Crippen molar-refractivity contribution < 1.29 is 9.53 Å². The molecule has 0 radical (unpaired) electrons. The Morgan fingerprint density at radius 1 is 1.44 bits per heavy atom. The quantitative estimate of drug-likeness (QED) is 0.709. The van der Waals surface area contributed by atoms with Crippen LogP contribution in [0.4, 0.5) is 0 Å². The van der Waals surface area contributed by atoms with Crippen molar-refractivity contribution in [3.05, 3.63) is 35.9 Å². The predicted octanol–water partition coefficient (Wildman–Crippen LogP) is 4.02. The fourth-order valence-electron chi connectivity index (χ4n) is 1.99. The first-order valence-corrected chi connectivity index (χ1v) is 6.20. The highest BCUT2D eigenvalue weighted by molar-refractivity contribution is 5.73. The molecule has 0 unspecified atom stereocenters. The van der Waals surface area contributed by atoms with Gasteiger partial charge in [-0.2, -0.15) is 0 Å². The van der Waals surface area contributed by atoms with Crippen molar-refractivity contribution >= 4 is 11.9 Å². The van der Waals surface area contributed by atoms with Crippen LogP contribution in [-0.2, 0) is 4.79 Å². The van der Waals surface area contributed by atoms with Crippen molar-refractivity contribution in [2.45, 2.75) is 33.6 Å². The fraction of sp³-hybridized carbons (Fsp3) is 0.438. The Balaban J connectivity index is 3.09. The number of aldehydes is 1. The molecular formula is C16H22O2. The first kappa shape index (κ1) is 14.5. The maximum absolute atomic E-state index is 10.5. The number of carbonyl (C=O) groups is 1. The summed E-state index contributed by atoms with van der Waals surface area (Å²) in [5.74, 6) is 0.838. The minimum absolute atomic E-state index is 0.109. The van der Waals surface area contributed by atoms with Crippen LogP contribution < -0.4 is 4.74 Å². The molecule has 0 amide bonds. The number of methoxy groups -OCH3 is 1. The SMILES string of the molecule is C=C(c1cc(C)ccc1OC)C(C)(C)CCC=O. The topological polar surface area (TPSA) is 26.3 Å². The second kappa shape index (κ2) is 5.85. The molecule has 0 heterocycles. The van der Waals surface area contributed by atoms with Crippen molar-refractivity contribution in [3.63, 3.8) is 0 Å². The van der Waals surface area contributed by atoms with E-state index in [0.717, 1.165) is 29.6 Å².